The van der Waals surface area contributed by atoms with E-state index in [4.69, 9.17) is 15.2 Å². The van der Waals surface area contributed by atoms with Gasteiger partial charge in [0.2, 0.25) is 5.91 Å². The number of benzene rings is 2. The number of esters is 1. The number of rotatable bonds is 7. The Balaban J connectivity index is 1.67. The lowest BCUT2D eigenvalue weighted by Gasteiger charge is -2.24. The molecule has 0 saturated carbocycles. The van der Waals surface area contributed by atoms with E-state index in [-0.39, 0.29) is 25.4 Å². The first kappa shape index (κ1) is 22.3. The van der Waals surface area contributed by atoms with Crippen LogP contribution in [-0.2, 0) is 19.1 Å². The van der Waals surface area contributed by atoms with Gasteiger partial charge in [-0.25, -0.2) is 9.59 Å². The summed E-state index contributed by atoms with van der Waals surface area (Å²) in [6.45, 7) is 5.30. The van der Waals surface area contributed by atoms with Crippen LogP contribution in [0.3, 0.4) is 0 Å². The van der Waals surface area contributed by atoms with Crippen LogP contribution in [0.5, 0.6) is 0 Å². The van der Waals surface area contributed by atoms with Gasteiger partial charge in [-0.15, -0.1) is 0 Å². The van der Waals surface area contributed by atoms with E-state index < -0.39 is 29.6 Å². The molecular weight excluding hydrogens is 396 g/mol. The molecule has 7 heteroatoms. The number of hydrogen-bond donors (Lipinski definition) is 2. The zero-order chi connectivity index (χ0) is 22.6. The van der Waals surface area contributed by atoms with Crippen molar-refractivity contribution in [2.45, 2.75) is 51.2 Å². The predicted molar refractivity (Wildman–Crippen MR) is 116 cm³/mol. The Morgan fingerprint density at radius 2 is 1.55 bits per heavy atom. The Morgan fingerprint density at radius 1 is 1.00 bits per heavy atom. The molecule has 0 unspecified atom stereocenters. The number of alkyl carbamates (subject to hydrolysis) is 1. The Bertz CT molecular complexity index is 934. The van der Waals surface area contributed by atoms with Crippen molar-refractivity contribution >= 4 is 18.0 Å². The lowest BCUT2D eigenvalue weighted by atomic mass is 9.98. The standard InChI is InChI=1S/C24H28N2O5/c1-24(2,3)31-22(28)20(12-13-21(25)27)26-23(29)30-14-19-17-10-6-4-8-15(17)16-9-5-7-11-18(16)19/h4-11,19-20H,12-14H2,1-3H3,(H2,25,27)(H,26,29)/t20-/m1/s1. The van der Waals surface area contributed by atoms with Gasteiger partial charge in [-0.05, 0) is 49.4 Å². The summed E-state index contributed by atoms with van der Waals surface area (Å²) in [4.78, 5) is 36.1. The number of amides is 2. The zero-order valence-corrected chi connectivity index (χ0v) is 18.0. The molecule has 7 nitrogen and oxygen atoms in total. The third kappa shape index (κ3) is 5.63. The van der Waals surface area contributed by atoms with E-state index in [1.165, 1.54) is 0 Å². The average molecular weight is 424 g/mol. The molecule has 0 heterocycles. The molecule has 1 aliphatic carbocycles. The molecule has 164 valence electrons. The third-order valence-electron chi connectivity index (χ3n) is 5.01. The molecule has 2 amide bonds. The molecule has 1 aliphatic rings. The third-order valence-corrected chi connectivity index (χ3v) is 5.01. The summed E-state index contributed by atoms with van der Waals surface area (Å²) in [6.07, 6.45) is -0.774. The van der Waals surface area contributed by atoms with Crippen LogP contribution < -0.4 is 11.1 Å². The first-order valence-electron chi connectivity index (χ1n) is 10.3. The van der Waals surface area contributed by atoms with Crippen LogP contribution in [0.4, 0.5) is 4.79 Å². The van der Waals surface area contributed by atoms with E-state index in [1.54, 1.807) is 20.8 Å². The van der Waals surface area contributed by atoms with E-state index >= 15 is 0 Å². The first-order chi connectivity index (χ1) is 14.7. The highest BCUT2D eigenvalue weighted by Gasteiger charge is 2.31. The van der Waals surface area contributed by atoms with Gasteiger partial charge < -0.3 is 20.5 Å². The number of ether oxygens (including phenoxy) is 2. The summed E-state index contributed by atoms with van der Waals surface area (Å²) in [7, 11) is 0. The van der Waals surface area contributed by atoms with Gasteiger partial charge in [0.15, 0.2) is 0 Å². The van der Waals surface area contributed by atoms with Crippen LogP contribution >= 0.6 is 0 Å². The summed E-state index contributed by atoms with van der Waals surface area (Å²) in [5.74, 6) is -1.30. The van der Waals surface area contributed by atoms with Gasteiger partial charge in [-0.1, -0.05) is 48.5 Å². The van der Waals surface area contributed by atoms with Crippen LogP contribution in [-0.4, -0.2) is 36.2 Å². The van der Waals surface area contributed by atoms with Gasteiger partial charge in [0.05, 0.1) is 0 Å². The number of nitrogens with one attached hydrogen (secondary N) is 1. The Labute approximate surface area is 181 Å². The van der Waals surface area contributed by atoms with Crippen molar-refractivity contribution in [3.63, 3.8) is 0 Å². The van der Waals surface area contributed by atoms with E-state index in [0.29, 0.717) is 0 Å². The average Bonchev–Trinajstić information content (AvgIpc) is 3.02. The molecule has 3 N–H and O–H groups in total. The number of carbonyl (C=O) groups is 3. The maximum absolute atomic E-state index is 12.5. The van der Waals surface area contributed by atoms with E-state index in [2.05, 4.69) is 17.4 Å². The molecule has 0 aliphatic heterocycles. The largest absolute Gasteiger partial charge is 0.458 e. The summed E-state index contributed by atoms with van der Waals surface area (Å²) in [6, 6.07) is 15.0. The minimum atomic E-state index is -1.03. The maximum Gasteiger partial charge on any atom is 0.407 e. The molecule has 2 aromatic carbocycles. The second-order valence-corrected chi connectivity index (χ2v) is 8.56. The lowest BCUT2D eigenvalue weighted by molar-refractivity contribution is -0.157. The number of fused-ring (bicyclic) bond motifs is 3. The topological polar surface area (TPSA) is 108 Å². The molecule has 0 spiro atoms. The van der Waals surface area contributed by atoms with Gasteiger partial charge in [0.1, 0.15) is 18.2 Å². The molecule has 2 aromatic rings. The Hall–Kier alpha value is -3.35. The minimum absolute atomic E-state index is 0.0362. The first-order valence-corrected chi connectivity index (χ1v) is 10.3. The van der Waals surface area contributed by atoms with Crippen LogP contribution in [0.1, 0.15) is 50.7 Å². The fraction of sp³-hybridized carbons (Fsp3) is 0.375. The summed E-state index contributed by atoms with van der Waals surface area (Å²) < 4.78 is 10.8. The van der Waals surface area contributed by atoms with E-state index in [0.717, 1.165) is 22.3 Å². The van der Waals surface area contributed by atoms with Crippen molar-refractivity contribution in [1.82, 2.24) is 5.32 Å². The minimum Gasteiger partial charge on any atom is -0.458 e. The second-order valence-electron chi connectivity index (χ2n) is 8.56. The lowest BCUT2D eigenvalue weighted by Crippen LogP contribution is -2.45. The molecular formula is C24H28N2O5. The number of carbonyl (C=O) groups excluding carboxylic acids is 3. The molecule has 1 atom stereocenters. The summed E-state index contributed by atoms with van der Waals surface area (Å²) in [5, 5.41) is 2.52. The van der Waals surface area contributed by atoms with Gasteiger partial charge in [-0.2, -0.15) is 0 Å². The van der Waals surface area contributed by atoms with E-state index in [9.17, 15) is 14.4 Å². The molecule has 0 radical (unpaired) electrons. The predicted octanol–water partition coefficient (Wildman–Crippen LogP) is 3.50. The highest BCUT2D eigenvalue weighted by molar-refractivity contribution is 5.83. The maximum atomic E-state index is 12.5. The molecule has 3 rings (SSSR count). The fourth-order valence-corrected chi connectivity index (χ4v) is 3.69. The van der Waals surface area contributed by atoms with Gasteiger partial charge in [-0.3, -0.25) is 4.79 Å². The van der Waals surface area contributed by atoms with Gasteiger partial charge in [0.25, 0.3) is 0 Å². The Kier molecular flexibility index (Phi) is 6.63. The summed E-state index contributed by atoms with van der Waals surface area (Å²) in [5.41, 5.74) is 8.90. The van der Waals surface area contributed by atoms with Crippen molar-refractivity contribution in [3.05, 3.63) is 59.7 Å². The summed E-state index contributed by atoms with van der Waals surface area (Å²) >= 11 is 0. The molecule has 31 heavy (non-hydrogen) atoms. The fourth-order valence-electron chi connectivity index (χ4n) is 3.69. The Morgan fingerprint density at radius 3 is 2.06 bits per heavy atom. The smallest absolute Gasteiger partial charge is 0.407 e. The highest BCUT2D eigenvalue weighted by Crippen LogP contribution is 2.44. The highest BCUT2D eigenvalue weighted by atomic mass is 16.6. The van der Waals surface area contributed by atoms with Crippen LogP contribution in [0.2, 0.25) is 0 Å². The molecule has 0 saturated heterocycles. The van der Waals surface area contributed by atoms with Crippen molar-refractivity contribution in [3.8, 4) is 11.1 Å². The van der Waals surface area contributed by atoms with Gasteiger partial charge >= 0.3 is 12.1 Å². The SMILES string of the molecule is CC(C)(C)OC(=O)[C@@H](CCC(N)=O)NC(=O)OCC1c2ccccc2-c2ccccc21. The van der Waals surface area contributed by atoms with Crippen molar-refractivity contribution < 1.29 is 23.9 Å². The van der Waals surface area contributed by atoms with Crippen LogP contribution in [0.25, 0.3) is 11.1 Å². The molecule has 0 aromatic heterocycles. The normalized spacial score (nSPS) is 13.6. The number of hydrogen-bond acceptors (Lipinski definition) is 5. The number of primary amides is 1. The zero-order valence-electron chi connectivity index (χ0n) is 18.0. The van der Waals surface area contributed by atoms with Gasteiger partial charge in [0, 0.05) is 12.3 Å². The van der Waals surface area contributed by atoms with Crippen LogP contribution in [0.15, 0.2) is 48.5 Å². The number of nitrogens with two attached hydrogens (primary N) is 1. The van der Waals surface area contributed by atoms with Crippen molar-refractivity contribution in [2.75, 3.05) is 6.61 Å². The van der Waals surface area contributed by atoms with Crippen LogP contribution in [0, 0.1) is 0 Å². The van der Waals surface area contributed by atoms with Crippen molar-refractivity contribution in [2.24, 2.45) is 5.73 Å². The molecule has 0 fully saturated rings. The monoisotopic (exact) mass is 424 g/mol. The van der Waals surface area contributed by atoms with Crippen molar-refractivity contribution in [1.29, 1.82) is 0 Å². The second kappa shape index (κ2) is 9.20. The quantitative estimate of drug-likeness (QED) is 0.662. The van der Waals surface area contributed by atoms with E-state index in [1.807, 2.05) is 36.4 Å². The molecule has 0 bridgehead atoms.